The lowest BCUT2D eigenvalue weighted by Crippen LogP contribution is -1.94. The molecule has 1 heterocycles. The molecule has 0 aliphatic carbocycles. The van der Waals surface area contributed by atoms with Crippen LogP contribution in [-0.4, -0.2) is 0 Å². The van der Waals surface area contributed by atoms with Crippen LogP contribution in [-0.2, 0) is 0 Å². The highest BCUT2D eigenvalue weighted by Crippen LogP contribution is 2.42. The maximum atomic E-state index is 6.45. The summed E-state index contributed by atoms with van der Waals surface area (Å²) in [6, 6.07) is 47.3. The summed E-state index contributed by atoms with van der Waals surface area (Å²) in [7, 11) is 0. The molecule has 1 N–H and O–H groups in total. The van der Waals surface area contributed by atoms with E-state index in [2.05, 4.69) is 127 Å². The maximum Gasteiger partial charge on any atom is 0.159 e. The molecule has 0 aliphatic heterocycles. The number of furan rings is 1. The smallest absolute Gasteiger partial charge is 0.159 e. The van der Waals surface area contributed by atoms with Gasteiger partial charge in [-0.1, -0.05) is 109 Å². The summed E-state index contributed by atoms with van der Waals surface area (Å²) in [6.07, 6.45) is 0. The first-order valence-corrected chi connectivity index (χ1v) is 12.9. The average molecular weight is 486 g/mol. The van der Waals surface area contributed by atoms with Crippen LogP contribution in [0.1, 0.15) is 0 Å². The summed E-state index contributed by atoms with van der Waals surface area (Å²) in [5.41, 5.74) is 6.26. The van der Waals surface area contributed by atoms with Crippen LogP contribution < -0.4 is 5.32 Å². The molecule has 0 amide bonds. The summed E-state index contributed by atoms with van der Waals surface area (Å²) < 4.78 is 6.45. The minimum absolute atomic E-state index is 0.882. The Hall–Kier alpha value is -5.08. The van der Waals surface area contributed by atoms with Crippen molar-refractivity contribution >= 4 is 65.6 Å². The van der Waals surface area contributed by atoms with E-state index in [-0.39, 0.29) is 0 Å². The van der Waals surface area contributed by atoms with Crippen LogP contribution in [0.2, 0.25) is 0 Å². The van der Waals surface area contributed by atoms with Crippen molar-refractivity contribution in [1.82, 2.24) is 0 Å². The summed E-state index contributed by atoms with van der Waals surface area (Å²) in [6.45, 7) is 0. The second-order valence-corrected chi connectivity index (χ2v) is 9.84. The topological polar surface area (TPSA) is 25.2 Å². The molecule has 0 aliphatic rings. The van der Waals surface area contributed by atoms with Gasteiger partial charge in [0, 0.05) is 21.8 Å². The second kappa shape index (κ2) is 8.22. The van der Waals surface area contributed by atoms with E-state index in [0.717, 1.165) is 33.3 Å². The Labute approximate surface area is 219 Å². The number of benzene rings is 7. The predicted octanol–water partition coefficient (Wildman–Crippen LogP) is 10.5. The molecule has 7 aromatic carbocycles. The fourth-order valence-corrected chi connectivity index (χ4v) is 5.83. The summed E-state index contributed by atoms with van der Waals surface area (Å²) in [4.78, 5) is 0. The van der Waals surface area contributed by atoms with Gasteiger partial charge < -0.3 is 9.73 Å². The molecule has 0 fully saturated rings. The van der Waals surface area contributed by atoms with E-state index < -0.39 is 0 Å². The van der Waals surface area contributed by atoms with E-state index in [1.807, 2.05) is 12.1 Å². The van der Waals surface area contributed by atoms with Gasteiger partial charge in [0.25, 0.3) is 0 Å². The van der Waals surface area contributed by atoms with Gasteiger partial charge in [0.05, 0.1) is 5.69 Å². The summed E-state index contributed by atoms with van der Waals surface area (Å²) in [5.74, 6) is 0. The molecule has 178 valence electrons. The van der Waals surface area contributed by atoms with Crippen molar-refractivity contribution in [3.05, 3.63) is 133 Å². The first-order valence-electron chi connectivity index (χ1n) is 12.9. The van der Waals surface area contributed by atoms with Gasteiger partial charge in [-0.3, -0.25) is 0 Å². The van der Waals surface area contributed by atoms with Crippen LogP contribution in [0, 0.1) is 0 Å². The minimum atomic E-state index is 0.882. The zero-order valence-corrected chi connectivity index (χ0v) is 20.6. The molecular formula is C36H23NO. The van der Waals surface area contributed by atoms with E-state index in [1.165, 1.54) is 43.4 Å². The van der Waals surface area contributed by atoms with Gasteiger partial charge in [0.1, 0.15) is 5.58 Å². The van der Waals surface area contributed by atoms with Crippen LogP contribution in [0.15, 0.2) is 138 Å². The number of rotatable bonds is 3. The predicted molar refractivity (Wildman–Crippen MR) is 161 cm³/mol. The lowest BCUT2D eigenvalue weighted by atomic mass is 9.95. The fourth-order valence-electron chi connectivity index (χ4n) is 5.83. The molecule has 1 aromatic heterocycles. The molecule has 0 unspecified atom stereocenters. The molecule has 0 radical (unpaired) electrons. The van der Waals surface area contributed by atoms with Crippen LogP contribution in [0.5, 0.6) is 0 Å². The van der Waals surface area contributed by atoms with Crippen molar-refractivity contribution in [1.29, 1.82) is 0 Å². The molecule has 0 spiro atoms. The number of fused-ring (bicyclic) bond motifs is 7. The third-order valence-electron chi connectivity index (χ3n) is 7.62. The summed E-state index contributed by atoms with van der Waals surface area (Å²) in [5, 5.41) is 13.3. The van der Waals surface area contributed by atoms with Gasteiger partial charge in [0.2, 0.25) is 0 Å². The Morgan fingerprint density at radius 2 is 1.13 bits per heavy atom. The molecule has 0 saturated carbocycles. The first kappa shape index (κ1) is 21.0. The Bertz CT molecular complexity index is 2170. The van der Waals surface area contributed by atoms with Gasteiger partial charge in [-0.2, -0.15) is 0 Å². The van der Waals surface area contributed by atoms with Crippen molar-refractivity contribution in [2.24, 2.45) is 0 Å². The van der Waals surface area contributed by atoms with Crippen LogP contribution in [0.4, 0.5) is 11.4 Å². The number of anilines is 2. The SMILES string of the molecule is c1ccc2cc(-c3ccc(Nc4cc5ccccc5c5c4oc4ccccc45)c4ccccc34)ccc2c1. The van der Waals surface area contributed by atoms with E-state index in [1.54, 1.807) is 0 Å². The van der Waals surface area contributed by atoms with Gasteiger partial charge in [0.15, 0.2) is 5.58 Å². The molecule has 38 heavy (non-hydrogen) atoms. The zero-order chi connectivity index (χ0) is 25.1. The Kier molecular flexibility index (Phi) is 4.55. The lowest BCUT2D eigenvalue weighted by molar-refractivity contribution is 0.670. The first-order chi connectivity index (χ1) is 18.8. The molecule has 8 aromatic rings. The maximum absolute atomic E-state index is 6.45. The number of para-hydroxylation sites is 1. The van der Waals surface area contributed by atoms with E-state index in [4.69, 9.17) is 4.42 Å². The lowest BCUT2D eigenvalue weighted by Gasteiger charge is -2.15. The molecule has 2 heteroatoms. The van der Waals surface area contributed by atoms with E-state index in [0.29, 0.717) is 0 Å². The van der Waals surface area contributed by atoms with Gasteiger partial charge in [-0.05, 0) is 62.3 Å². The Morgan fingerprint density at radius 3 is 2.00 bits per heavy atom. The van der Waals surface area contributed by atoms with E-state index >= 15 is 0 Å². The van der Waals surface area contributed by atoms with Crippen LogP contribution >= 0.6 is 0 Å². The molecule has 2 nitrogen and oxygen atoms in total. The Morgan fingerprint density at radius 1 is 0.447 bits per heavy atom. The van der Waals surface area contributed by atoms with Crippen molar-refractivity contribution in [2.45, 2.75) is 0 Å². The molecular weight excluding hydrogens is 462 g/mol. The molecule has 0 saturated heterocycles. The van der Waals surface area contributed by atoms with Crippen molar-refractivity contribution in [2.75, 3.05) is 5.32 Å². The average Bonchev–Trinajstić information content (AvgIpc) is 3.38. The quantitative estimate of drug-likeness (QED) is 0.269. The number of hydrogen-bond acceptors (Lipinski definition) is 2. The number of nitrogens with one attached hydrogen (secondary N) is 1. The van der Waals surface area contributed by atoms with E-state index in [9.17, 15) is 0 Å². The molecule has 0 atom stereocenters. The van der Waals surface area contributed by atoms with Gasteiger partial charge >= 0.3 is 0 Å². The van der Waals surface area contributed by atoms with Crippen molar-refractivity contribution in [3.8, 4) is 11.1 Å². The third kappa shape index (κ3) is 3.21. The van der Waals surface area contributed by atoms with Gasteiger partial charge in [-0.25, -0.2) is 0 Å². The molecule has 0 bridgehead atoms. The van der Waals surface area contributed by atoms with Crippen LogP contribution in [0.25, 0.3) is 65.4 Å². The third-order valence-corrected chi connectivity index (χ3v) is 7.62. The molecule has 8 rings (SSSR count). The largest absolute Gasteiger partial charge is 0.454 e. The summed E-state index contributed by atoms with van der Waals surface area (Å²) >= 11 is 0. The monoisotopic (exact) mass is 485 g/mol. The highest BCUT2D eigenvalue weighted by molar-refractivity contribution is 6.22. The highest BCUT2D eigenvalue weighted by atomic mass is 16.3. The zero-order valence-electron chi connectivity index (χ0n) is 20.6. The van der Waals surface area contributed by atoms with Crippen LogP contribution in [0.3, 0.4) is 0 Å². The van der Waals surface area contributed by atoms with Crippen molar-refractivity contribution < 1.29 is 4.42 Å². The minimum Gasteiger partial charge on any atom is -0.454 e. The van der Waals surface area contributed by atoms with Crippen molar-refractivity contribution in [3.63, 3.8) is 0 Å². The number of hydrogen-bond donors (Lipinski definition) is 1. The standard InChI is InChI=1S/C36H23NO/c1-2-10-24-21-26(18-17-23(24)9-1)27-19-20-32(30-14-6-5-13-29(27)30)37-33-22-25-11-3-4-12-28(25)35-31-15-7-8-16-34(31)38-36(33)35/h1-22,37H. The second-order valence-electron chi connectivity index (χ2n) is 9.84. The fraction of sp³-hybridized carbons (Fsp3) is 0. The highest BCUT2D eigenvalue weighted by Gasteiger charge is 2.16. The van der Waals surface area contributed by atoms with Gasteiger partial charge in [-0.15, -0.1) is 0 Å². The Balaban J connectivity index is 1.33. The normalized spacial score (nSPS) is 11.7.